The molecule has 0 spiro atoms. The largest absolute Gasteiger partial charge is 0.358 e. The molecule has 1 aromatic carbocycles. The molecule has 0 aliphatic heterocycles. The third-order valence-corrected chi connectivity index (χ3v) is 2.57. The molecule has 19 heavy (non-hydrogen) atoms. The summed E-state index contributed by atoms with van der Waals surface area (Å²) >= 11 is 5.80. The van der Waals surface area contributed by atoms with Crippen LogP contribution in [0.1, 0.15) is 36.7 Å². The smallest absolute Gasteiger partial charge is 0.161 e. The van der Waals surface area contributed by atoms with Crippen molar-refractivity contribution in [3.05, 3.63) is 58.9 Å². The highest BCUT2D eigenvalue weighted by Crippen LogP contribution is 2.17. The van der Waals surface area contributed by atoms with E-state index in [-0.39, 0.29) is 5.78 Å². The van der Waals surface area contributed by atoms with Crippen LogP contribution in [0.25, 0.3) is 0 Å². The molecule has 0 atom stereocenters. The van der Waals surface area contributed by atoms with E-state index in [4.69, 9.17) is 11.6 Å². The lowest BCUT2D eigenvalue weighted by atomic mass is 10.1. The molecule has 0 amide bonds. The van der Waals surface area contributed by atoms with Gasteiger partial charge in [-0.1, -0.05) is 29.8 Å². The molecule has 3 heteroatoms. The summed E-state index contributed by atoms with van der Waals surface area (Å²) in [5.41, 5.74) is 2.95. The summed E-state index contributed by atoms with van der Waals surface area (Å²) in [4.78, 5) is 12.8. The average Bonchev–Trinajstić information content (AvgIpc) is 2.28. The number of Topliss-reactive ketones (excluding diaryl/α,β-unsaturated/α-hetero) is 1. The van der Waals surface area contributed by atoms with Gasteiger partial charge in [0.05, 0.1) is 5.02 Å². The number of carbonyl (C=O) groups is 1. The van der Waals surface area contributed by atoms with Crippen LogP contribution in [-0.4, -0.2) is 17.7 Å². The zero-order valence-electron chi connectivity index (χ0n) is 12.3. The zero-order valence-corrected chi connectivity index (χ0v) is 13.1. The fourth-order valence-corrected chi connectivity index (χ4v) is 1.73. The number of benzene rings is 1. The van der Waals surface area contributed by atoms with E-state index in [0.29, 0.717) is 10.6 Å². The number of aryl methyl sites for hydroxylation is 1. The molecule has 0 aliphatic carbocycles. The second kappa shape index (κ2) is 8.54. The monoisotopic (exact) mass is 279 g/mol. The number of carbonyl (C=O) groups excluding carboxylic acids is 1. The minimum Gasteiger partial charge on any atom is -0.358 e. The average molecular weight is 280 g/mol. The molecule has 0 bridgehead atoms. The first-order valence-electron chi connectivity index (χ1n) is 6.04. The topological polar surface area (TPSA) is 20.3 Å². The van der Waals surface area contributed by atoms with Crippen LogP contribution >= 0.6 is 11.6 Å². The first-order chi connectivity index (χ1) is 8.77. The Labute approximate surface area is 121 Å². The molecule has 0 saturated carbocycles. The number of hydrogen-bond acceptors (Lipinski definition) is 2. The van der Waals surface area contributed by atoms with Crippen molar-refractivity contribution in [2.24, 2.45) is 0 Å². The van der Waals surface area contributed by atoms with Crippen LogP contribution in [0, 0.1) is 6.92 Å². The van der Waals surface area contributed by atoms with Gasteiger partial charge in [0.15, 0.2) is 5.78 Å². The number of halogens is 1. The first kappa shape index (κ1) is 17.5. The molecule has 0 aliphatic rings. The Morgan fingerprint density at radius 1 is 1.32 bits per heavy atom. The maximum atomic E-state index is 10.9. The quantitative estimate of drug-likeness (QED) is 0.738. The molecule has 104 valence electrons. The number of nitrogens with zero attached hydrogens (tertiary/aromatic N) is 1. The van der Waals surface area contributed by atoms with E-state index in [1.54, 1.807) is 18.3 Å². The number of rotatable bonds is 3. The number of hydrogen-bond donors (Lipinski definition) is 0. The highest BCUT2D eigenvalue weighted by molar-refractivity contribution is 6.33. The summed E-state index contributed by atoms with van der Waals surface area (Å²) in [6.45, 7) is 11.2. The fourth-order valence-electron chi connectivity index (χ4n) is 1.37. The molecule has 0 aromatic heterocycles. The van der Waals surface area contributed by atoms with E-state index in [2.05, 4.69) is 20.4 Å². The van der Waals surface area contributed by atoms with Crippen molar-refractivity contribution in [3.63, 3.8) is 0 Å². The summed E-state index contributed by atoms with van der Waals surface area (Å²) < 4.78 is 0. The molecule has 0 N–H and O–H groups in total. The van der Waals surface area contributed by atoms with Gasteiger partial charge in [-0.2, -0.15) is 0 Å². The molecule has 0 saturated heterocycles. The van der Waals surface area contributed by atoms with Crippen LogP contribution in [0.5, 0.6) is 0 Å². The Kier molecular flexibility index (Phi) is 7.85. The molecule has 1 rings (SSSR count). The Morgan fingerprint density at radius 3 is 2.21 bits per heavy atom. The third-order valence-electron chi connectivity index (χ3n) is 2.25. The van der Waals surface area contributed by atoms with Crippen molar-refractivity contribution in [3.8, 4) is 0 Å². The molecule has 1 aromatic rings. The number of ketones is 1. The van der Waals surface area contributed by atoms with Crippen LogP contribution in [-0.2, 0) is 0 Å². The number of allylic oxidation sites excluding steroid dienone is 1. The SMILES string of the molecule is C=CN(C)C=C(C)C.CC(=O)c1ccc(C)cc1Cl. The zero-order chi connectivity index (χ0) is 15.0. The summed E-state index contributed by atoms with van der Waals surface area (Å²) in [6, 6.07) is 5.42. The van der Waals surface area contributed by atoms with Crippen molar-refractivity contribution >= 4 is 17.4 Å². The molecule has 0 radical (unpaired) electrons. The summed E-state index contributed by atoms with van der Waals surface area (Å²) in [5, 5.41) is 0.539. The van der Waals surface area contributed by atoms with Gasteiger partial charge >= 0.3 is 0 Å². The van der Waals surface area contributed by atoms with Crippen molar-refractivity contribution in [2.75, 3.05) is 7.05 Å². The van der Waals surface area contributed by atoms with Gasteiger partial charge in [-0.15, -0.1) is 0 Å². The van der Waals surface area contributed by atoms with Gasteiger partial charge in [0.25, 0.3) is 0 Å². The van der Waals surface area contributed by atoms with Gasteiger partial charge in [0, 0.05) is 18.8 Å². The van der Waals surface area contributed by atoms with Crippen molar-refractivity contribution in [2.45, 2.75) is 27.7 Å². The maximum Gasteiger partial charge on any atom is 0.161 e. The van der Waals surface area contributed by atoms with Gasteiger partial charge in [-0.05, 0) is 51.6 Å². The van der Waals surface area contributed by atoms with Gasteiger partial charge in [-0.3, -0.25) is 4.79 Å². The maximum absolute atomic E-state index is 10.9. The predicted octanol–water partition coefficient (Wildman–Crippen LogP) is 4.84. The van der Waals surface area contributed by atoms with Gasteiger partial charge in [0.2, 0.25) is 0 Å². The second-order valence-corrected chi connectivity index (χ2v) is 5.00. The Hall–Kier alpha value is -1.54. The summed E-state index contributed by atoms with van der Waals surface area (Å²) in [5.74, 6) is 0.00926. The van der Waals surface area contributed by atoms with E-state index in [0.717, 1.165) is 5.56 Å². The Bertz CT molecular complexity index is 474. The fraction of sp³-hybridized carbons (Fsp3) is 0.312. The van der Waals surface area contributed by atoms with Crippen LogP contribution in [0.4, 0.5) is 0 Å². The third kappa shape index (κ3) is 7.47. The highest BCUT2D eigenvalue weighted by Gasteiger charge is 2.03. The predicted molar refractivity (Wildman–Crippen MR) is 83.6 cm³/mol. The van der Waals surface area contributed by atoms with Gasteiger partial charge in [0.1, 0.15) is 0 Å². The lowest BCUT2D eigenvalue weighted by molar-refractivity contribution is 0.101. The van der Waals surface area contributed by atoms with E-state index < -0.39 is 0 Å². The molecule has 0 fully saturated rings. The molecule has 0 unspecified atom stereocenters. The lowest BCUT2D eigenvalue weighted by Crippen LogP contribution is -1.98. The molecule has 0 heterocycles. The van der Waals surface area contributed by atoms with E-state index in [9.17, 15) is 4.79 Å². The summed E-state index contributed by atoms with van der Waals surface area (Å²) in [7, 11) is 1.96. The van der Waals surface area contributed by atoms with Crippen LogP contribution in [0.2, 0.25) is 5.02 Å². The minimum absolute atomic E-state index is 0.00926. The van der Waals surface area contributed by atoms with Crippen LogP contribution in [0.15, 0.2) is 42.8 Å². The van der Waals surface area contributed by atoms with E-state index >= 15 is 0 Å². The lowest BCUT2D eigenvalue weighted by Gasteiger charge is -2.05. The molecular weight excluding hydrogens is 258 g/mol. The minimum atomic E-state index is 0.00926. The molecular formula is C16H22ClNO. The van der Waals surface area contributed by atoms with Crippen molar-refractivity contribution in [1.82, 2.24) is 4.90 Å². The van der Waals surface area contributed by atoms with Crippen molar-refractivity contribution < 1.29 is 4.79 Å². The second-order valence-electron chi connectivity index (χ2n) is 4.59. The standard InChI is InChI=1S/C9H9ClO.C7H13N/c1-6-3-4-8(7(2)11)9(10)5-6;1-5-8(4)6-7(2)3/h3-5H,1-2H3;5-6H,1H2,2-4H3. The van der Waals surface area contributed by atoms with Gasteiger partial charge in [-0.25, -0.2) is 0 Å². The Morgan fingerprint density at radius 2 is 1.89 bits per heavy atom. The normalized spacial score (nSPS) is 8.95. The first-order valence-corrected chi connectivity index (χ1v) is 6.42. The Balaban J connectivity index is 0.000000362. The molecule has 2 nitrogen and oxygen atoms in total. The van der Waals surface area contributed by atoms with Crippen LogP contribution in [0.3, 0.4) is 0 Å². The van der Waals surface area contributed by atoms with Gasteiger partial charge < -0.3 is 4.90 Å². The van der Waals surface area contributed by atoms with E-state index in [1.165, 1.54) is 12.5 Å². The van der Waals surface area contributed by atoms with E-state index in [1.807, 2.05) is 31.1 Å². The highest BCUT2D eigenvalue weighted by atomic mass is 35.5. The van der Waals surface area contributed by atoms with Crippen molar-refractivity contribution in [1.29, 1.82) is 0 Å². The van der Waals surface area contributed by atoms with Crippen LogP contribution < -0.4 is 0 Å². The summed E-state index contributed by atoms with van der Waals surface area (Å²) in [6.07, 6.45) is 3.79.